The highest BCUT2D eigenvalue weighted by molar-refractivity contribution is 7.99. The Balaban J connectivity index is 1.70. The van der Waals surface area contributed by atoms with E-state index in [1.54, 1.807) is 11.8 Å². The third-order valence-electron chi connectivity index (χ3n) is 3.88. The number of benzene rings is 1. The maximum Gasteiger partial charge on any atom is 0.137 e. The Labute approximate surface area is 144 Å². The smallest absolute Gasteiger partial charge is 0.137 e. The van der Waals surface area contributed by atoms with Gasteiger partial charge < -0.3 is 9.88 Å². The summed E-state index contributed by atoms with van der Waals surface area (Å²) in [4.78, 5) is 12.2. The summed E-state index contributed by atoms with van der Waals surface area (Å²) < 4.78 is 0. The Morgan fingerprint density at radius 1 is 1.04 bits per heavy atom. The predicted octanol–water partition coefficient (Wildman–Crippen LogP) is 4.17. The Morgan fingerprint density at radius 3 is 2.75 bits per heavy atom. The van der Waals surface area contributed by atoms with Crippen molar-refractivity contribution in [3.8, 4) is 11.1 Å². The molecular weight excluding hydrogens is 318 g/mol. The van der Waals surface area contributed by atoms with Crippen molar-refractivity contribution in [3.05, 3.63) is 55.1 Å². The molecule has 1 aromatic carbocycles. The van der Waals surface area contributed by atoms with E-state index in [4.69, 9.17) is 0 Å². The van der Waals surface area contributed by atoms with Crippen LogP contribution in [0.5, 0.6) is 0 Å². The second-order valence-electron chi connectivity index (χ2n) is 5.75. The lowest BCUT2D eigenvalue weighted by atomic mass is 10.1. The van der Waals surface area contributed by atoms with Crippen LogP contribution in [0.25, 0.3) is 22.2 Å². The third kappa shape index (κ3) is 2.76. The van der Waals surface area contributed by atoms with Crippen molar-refractivity contribution < 1.29 is 0 Å². The molecule has 0 fully saturated rings. The van der Waals surface area contributed by atoms with E-state index in [1.165, 1.54) is 10.6 Å². The Morgan fingerprint density at radius 2 is 1.96 bits per heavy atom. The first kappa shape index (κ1) is 14.8. The number of hydrogen-bond donors (Lipinski definition) is 2. The summed E-state index contributed by atoms with van der Waals surface area (Å²) in [5, 5.41) is 7.99. The van der Waals surface area contributed by atoms with Crippen molar-refractivity contribution in [1.29, 1.82) is 0 Å². The van der Waals surface area contributed by atoms with E-state index in [9.17, 15) is 0 Å². The van der Waals surface area contributed by atoms with Crippen molar-refractivity contribution >= 4 is 28.5 Å². The van der Waals surface area contributed by atoms with Crippen LogP contribution in [0.15, 0.2) is 64.9 Å². The van der Waals surface area contributed by atoms with Crippen LogP contribution in [0.3, 0.4) is 0 Å². The van der Waals surface area contributed by atoms with Crippen molar-refractivity contribution in [1.82, 2.24) is 20.2 Å². The first-order valence-electron chi connectivity index (χ1n) is 7.62. The van der Waals surface area contributed by atoms with Gasteiger partial charge in [0, 0.05) is 64.7 Å². The minimum atomic E-state index is 0.887. The van der Waals surface area contributed by atoms with Crippen LogP contribution in [0, 0.1) is 0 Å². The quantitative estimate of drug-likeness (QED) is 0.587. The largest absolute Gasteiger partial charge is 0.378 e. The van der Waals surface area contributed by atoms with Crippen molar-refractivity contribution in [2.45, 2.75) is 9.79 Å². The fraction of sp³-hybridized carbons (Fsp3) is 0.111. The van der Waals surface area contributed by atoms with Gasteiger partial charge in [-0.2, -0.15) is 5.10 Å². The van der Waals surface area contributed by atoms with Gasteiger partial charge in [-0.25, -0.2) is 4.98 Å². The van der Waals surface area contributed by atoms with E-state index in [0.717, 1.165) is 27.1 Å². The van der Waals surface area contributed by atoms with Crippen LogP contribution in [0.1, 0.15) is 0 Å². The number of aromatic amines is 2. The van der Waals surface area contributed by atoms with E-state index < -0.39 is 0 Å². The lowest BCUT2D eigenvalue weighted by molar-refractivity contribution is 1.09. The van der Waals surface area contributed by atoms with Crippen molar-refractivity contribution in [3.63, 3.8) is 0 Å². The number of H-pyrrole nitrogens is 2. The van der Waals surface area contributed by atoms with Gasteiger partial charge in [-0.3, -0.25) is 5.10 Å². The maximum absolute atomic E-state index is 4.55. The summed E-state index contributed by atoms with van der Waals surface area (Å²) in [6, 6.07) is 10.7. The lowest BCUT2D eigenvalue weighted by Gasteiger charge is -2.13. The molecule has 2 N–H and O–H groups in total. The van der Waals surface area contributed by atoms with Gasteiger partial charge in [0.2, 0.25) is 0 Å². The topological polar surface area (TPSA) is 60.6 Å². The third-order valence-corrected chi connectivity index (χ3v) is 4.83. The molecule has 0 amide bonds. The molecule has 4 rings (SSSR count). The van der Waals surface area contributed by atoms with Gasteiger partial charge in [0.1, 0.15) is 5.65 Å². The molecule has 3 aromatic heterocycles. The average Bonchev–Trinajstić information content (AvgIpc) is 3.23. The summed E-state index contributed by atoms with van der Waals surface area (Å²) >= 11 is 1.72. The standard InChI is InChI=1S/C18H17N5S/c1-23(2)13-4-3-5-14(6-13)24-15-7-16-17(12-8-21-22-9-12)11-20-18(16)19-10-15/h3-11H,1-2H3,(H,19,20)(H,21,22). The van der Waals surface area contributed by atoms with Gasteiger partial charge in [0.25, 0.3) is 0 Å². The van der Waals surface area contributed by atoms with E-state index in [0.29, 0.717) is 0 Å². The lowest BCUT2D eigenvalue weighted by Crippen LogP contribution is -2.08. The number of nitrogens with one attached hydrogen (secondary N) is 2. The molecule has 0 bridgehead atoms. The van der Waals surface area contributed by atoms with Gasteiger partial charge in [-0.1, -0.05) is 17.8 Å². The fourth-order valence-electron chi connectivity index (χ4n) is 2.64. The SMILES string of the molecule is CN(C)c1cccc(Sc2cnc3[nH]cc(-c4cn[nH]c4)c3c2)c1. The molecule has 0 saturated heterocycles. The van der Waals surface area contributed by atoms with Gasteiger partial charge in [0.15, 0.2) is 0 Å². The molecule has 0 radical (unpaired) electrons. The van der Waals surface area contributed by atoms with Gasteiger partial charge in [0.05, 0.1) is 6.20 Å². The first-order valence-corrected chi connectivity index (χ1v) is 8.44. The van der Waals surface area contributed by atoms with Gasteiger partial charge >= 0.3 is 0 Å². The fourth-order valence-corrected chi connectivity index (χ4v) is 3.52. The van der Waals surface area contributed by atoms with Gasteiger partial charge in [-0.05, 0) is 24.3 Å². The van der Waals surface area contributed by atoms with Gasteiger partial charge in [-0.15, -0.1) is 0 Å². The van der Waals surface area contributed by atoms with Crippen LogP contribution in [-0.4, -0.2) is 34.3 Å². The highest BCUT2D eigenvalue weighted by atomic mass is 32.2. The molecule has 0 aliphatic rings. The molecule has 0 saturated carbocycles. The van der Waals surface area contributed by atoms with E-state index >= 15 is 0 Å². The Hall–Kier alpha value is -2.73. The van der Waals surface area contributed by atoms with Crippen LogP contribution in [-0.2, 0) is 0 Å². The number of pyridine rings is 1. The van der Waals surface area contributed by atoms with E-state index in [2.05, 4.69) is 55.4 Å². The van der Waals surface area contributed by atoms with Crippen molar-refractivity contribution in [2.24, 2.45) is 0 Å². The number of nitrogens with zero attached hydrogens (tertiary/aromatic N) is 3. The van der Waals surface area contributed by atoms with Crippen molar-refractivity contribution in [2.75, 3.05) is 19.0 Å². The summed E-state index contributed by atoms with van der Waals surface area (Å²) in [5.41, 5.74) is 4.24. The number of hydrogen-bond acceptors (Lipinski definition) is 4. The minimum absolute atomic E-state index is 0.887. The Kier molecular flexibility index (Phi) is 3.74. The zero-order valence-corrected chi connectivity index (χ0v) is 14.3. The molecule has 6 heteroatoms. The molecule has 3 heterocycles. The second-order valence-corrected chi connectivity index (χ2v) is 6.90. The Bertz CT molecular complexity index is 972. The van der Waals surface area contributed by atoms with E-state index in [1.807, 2.05) is 38.9 Å². The first-order chi connectivity index (χ1) is 11.7. The van der Waals surface area contributed by atoms with Crippen LogP contribution in [0.2, 0.25) is 0 Å². The molecule has 0 aliphatic heterocycles. The van der Waals surface area contributed by atoms with E-state index in [-0.39, 0.29) is 0 Å². The maximum atomic E-state index is 4.55. The number of rotatable bonds is 4. The number of anilines is 1. The highest BCUT2D eigenvalue weighted by Crippen LogP contribution is 2.34. The molecule has 0 unspecified atom stereocenters. The number of fused-ring (bicyclic) bond motifs is 1. The number of aromatic nitrogens is 4. The minimum Gasteiger partial charge on any atom is -0.378 e. The van der Waals surface area contributed by atoms with Crippen LogP contribution >= 0.6 is 11.8 Å². The van der Waals surface area contributed by atoms with Crippen LogP contribution < -0.4 is 4.90 Å². The molecule has 0 atom stereocenters. The molecule has 120 valence electrons. The zero-order chi connectivity index (χ0) is 16.5. The molecular formula is C18H17N5S. The molecule has 24 heavy (non-hydrogen) atoms. The summed E-state index contributed by atoms with van der Waals surface area (Å²) in [6.45, 7) is 0. The second kappa shape index (κ2) is 6.05. The molecule has 4 aromatic rings. The monoisotopic (exact) mass is 335 g/mol. The van der Waals surface area contributed by atoms with Crippen LogP contribution in [0.4, 0.5) is 5.69 Å². The molecule has 0 aliphatic carbocycles. The summed E-state index contributed by atoms with van der Waals surface area (Å²) in [5.74, 6) is 0. The summed E-state index contributed by atoms with van der Waals surface area (Å²) in [6.07, 6.45) is 7.60. The summed E-state index contributed by atoms with van der Waals surface area (Å²) in [7, 11) is 4.10. The molecule has 0 spiro atoms. The predicted molar refractivity (Wildman–Crippen MR) is 98.6 cm³/mol. The normalized spacial score (nSPS) is 11.1. The zero-order valence-electron chi connectivity index (χ0n) is 13.4. The molecule has 5 nitrogen and oxygen atoms in total. The average molecular weight is 335 g/mol. The highest BCUT2D eigenvalue weighted by Gasteiger charge is 2.10.